The van der Waals surface area contributed by atoms with Crippen molar-refractivity contribution in [3.8, 4) is 0 Å². The number of benzene rings is 2. The summed E-state index contributed by atoms with van der Waals surface area (Å²) in [6.45, 7) is 8.99. The van der Waals surface area contributed by atoms with E-state index in [4.69, 9.17) is 0 Å². The van der Waals surface area contributed by atoms with Gasteiger partial charge in [0.2, 0.25) is 5.91 Å². The second-order valence-corrected chi connectivity index (χ2v) is 9.26. The molecule has 0 unspecified atom stereocenters. The van der Waals surface area contributed by atoms with Crippen LogP contribution in [0, 0.1) is 12.8 Å². The van der Waals surface area contributed by atoms with Crippen LogP contribution >= 0.6 is 0 Å². The van der Waals surface area contributed by atoms with Crippen LogP contribution in [0.4, 0.5) is 5.69 Å². The lowest BCUT2D eigenvalue weighted by Gasteiger charge is -2.30. The second-order valence-electron chi connectivity index (χ2n) is 9.26. The second kappa shape index (κ2) is 11.3. The van der Waals surface area contributed by atoms with Crippen LogP contribution in [0.25, 0.3) is 0 Å². The summed E-state index contributed by atoms with van der Waals surface area (Å²) in [6.07, 6.45) is 5.53. The molecule has 5 heteroatoms. The van der Waals surface area contributed by atoms with E-state index in [2.05, 4.69) is 36.1 Å². The lowest BCUT2D eigenvalue weighted by atomic mass is 10.0. The van der Waals surface area contributed by atoms with Crippen molar-refractivity contribution >= 4 is 17.6 Å². The minimum Gasteiger partial charge on any atom is -0.478 e. The molecule has 0 atom stereocenters. The third-order valence-electron chi connectivity index (χ3n) is 6.12. The third kappa shape index (κ3) is 6.42. The molecule has 1 heterocycles. The molecule has 3 rings (SSSR count). The number of carboxylic acids is 1. The molecule has 0 spiro atoms. The van der Waals surface area contributed by atoms with E-state index in [1.165, 1.54) is 24.0 Å². The van der Waals surface area contributed by atoms with E-state index in [1.54, 1.807) is 12.1 Å². The summed E-state index contributed by atoms with van der Waals surface area (Å²) in [4.78, 5) is 29.1. The van der Waals surface area contributed by atoms with Gasteiger partial charge in [-0.25, -0.2) is 4.79 Å². The highest BCUT2D eigenvalue weighted by atomic mass is 16.4. The van der Waals surface area contributed by atoms with Gasteiger partial charge in [0.25, 0.3) is 0 Å². The van der Waals surface area contributed by atoms with Crippen molar-refractivity contribution in [2.75, 3.05) is 18.0 Å². The minimum atomic E-state index is -0.939. The topological polar surface area (TPSA) is 60.9 Å². The third-order valence-corrected chi connectivity index (χ3v) is 6.12. The van der Waals surface area contributed by atoms with E-state index in [1.807, 2.05) is 24.8 Å². The molecule has 0 aliphatic carbocycles. The fourth-order valence-electron chi connectivity index (χ4n) is 4.43. The molecule has 172 valence electrons. The van der Waals surface area contributed by atoms with Crippen molar-refractivity contribution in [2.24, 2.45) is 5.92 Å². The molecule has 0 saturated carbocycles. The summed E-state index contributed by atoms with van der Waals surface area (Å²) in [5.41, 5.74) is 4.52. The Hall–Kier alpha value is -2.66. The Balaban J connectivity index is 2.00. The smallest absolute Gasteiger partial charge is 0.335 e. The Kier molecular flexibility index (Phi) is 8.46. The Morgan fingerprint density at radius 1 is 0.969 bits per heavy atom. The fraction of sp³-hybridized carbons (Fsp3) is 0.481. The number of fused-ring (bicyclic) bond motifs is 1. The molecule has 0 fully saturated rings. The molecule has 1 aliphatic heterocycles. The van der Waals surface area contributed by atoms with Crippen molar-refractivity contribution in [2.45, 2.75) is 66.0 Å². The average Bonchev–Trinajstić information content (AvgIpc) is 2.74. The van der Waals surface area contributed by atoms with Crippen molar-refractivity contribution < 1.29 is 14.7 Å². The van der Waals surface area contributed by atoms with Crippen LogP contribution in [-0.4, -0.2) is 35.0 Å². The van der Waals surface area contributed by atoms with E-state index >= 15 is 0 Å². The van der Waals surface area contributed by atoms with E-state index in [0.29, 0.717) is 13.1 Å². The number of amides is 1. The molecular formula is C27H36N2O3. The maximum atomic E-state index is 13.1. The van der Waals surface area contributed by atoms with E-state index < -0.39 is 5.97 Å². The van der Waals surface area contributed by atoms with Crippen molar-refractivity contribution in [1.82, 2.24) is 4.90 Å². The zero-order chi connectivity index (χ0) is 23.1. The number of hydrogen-bond acceptors (Lipinski definition) is 3. The van der Waals surface area contributed by atoms with Gasteiger partial charge in [0.15, 0.2) is 0 Å². The number of rotatable bonds is 4. The Bertz CT molecular complexity index is 938. The Labute approximate surface area is 192 Å². The van der Waals surface area contributed by atoms with E-state index in [-0.39, 0.29) is 17.4 Å². The van der Waals surface area contributed by atoms with Gasteiger partial charge in [0.05, 0.1) is 5.56 Å². The van der Waals surface area contributed by atoms with Crippen LogP contribution < -0.4 is 4.90 Å². The maximum Gasteiger partial charge on any atom is 0.335 e. The zero-order valence-corrected chi connectivity index (χ0v) is 19.6. The molecule has 2 aromatic carbocycles. The fourth-order valence-corrected chi connectivity index (χ4v) is 4.43. The standard InChI is InChI=1S/C27H36N2O3/c1-20(2)26(30)29-15-8-6-4-5-7-14-28(18-22-11-9-10-21(3)16-22)19-24-17-23(27(31)32)12-13-25(24)29/h9-13,16-17,20H,4-8,14-15,18-19H2,1-3H3,(H,31,32). The number of anilines is 1. The minimum absolute atomic E-state index is 0.0941. The summed E-state index contributed by atoms with van der Waals surface area (Å²) in [5, 5.41) is 9.60. The summed E-state index contributed by atoms with van der Waals surface area (Å²) >= 11 is 0. The molecule has 1 amide bonds. The highest BCUT2D eigenvalue weighted by Gasteiger charge is 2.23. The van der Waals surface area contributed by atoms with Gasteiger partial charge in [-0.05, 0) is 55.6 Å². The summed E-state index contributed by atoms with van der Waals surface area (Å²) in [6, 6.07) is 13.7. The van der Waals surface area contributed by atoms with E-state index in [0.717, 1.165) is 43.6 Å². The summed E-state index contributed by atoms with van der Waals surface area (Å²) < 4.78 is 0. The first-order valence-electron chi connectivity index (χ1n) is 11.8. The number of carboxylic acid groups (broad SMARTS) is 1. The van der Waals surface area contributed by atoms with Gasteiger partial charge in [-0.1, -0.05) is 62.9 Å². The molecule has 2 aromatic rings. The molecule has 32 heavy (non-hydrogen) atoms. The summed E-state index contributed by atoms with van der Waals surface area (Å²) in [5.74, 6) is -0.958. The lowest BCUT2D eigenvalue weighted by molar-refractivity contribution is -0.121. The predicted octanol–water partition coefficient (Wildman–Crippen LogP) is 5.65. The van der Waals surface area contributed by atoms with Crippen LogP contribution in [0.2, 0.25) is 0 Å². The normalized spacial score (nSPS) is 16.2. The molecule has 1 N–H and O–H groups in total. The van der Waals surface area contributed by atoms with Crippen LogP contribution in [0.15, 0.2) is 42.5 Å². The number of carbonyl (C=O) groups excluding carboxylic acids is 1. The zero-order valence-electron chi connectivity index (χ0n) is 19.6. The molecule has 0 radical (unpaired) electrons. The van der Waals surface area contributed by atoms with Gasteiger partial charge in [-0.15, -0.1) is 0 Å². The van der Waals surface area contributed by atoms with Gasteiger partial charge in [-0.3, -0.25) is 9.69 Å². The SMILES string of the molecule is Cc1cccc(CN2CCCCCCCN(C(=O)C(C)C)c3ccc(C(=O)O)cc3C2)c1. The molecule has 0 bridgehead atoms. The van der Waals surface area contributed by atoms with Gasteiger partial charge >= 0.3 is 5.97 Å². The predicted molar refractivity (Wildman–Crippen MR) is 129 cm³/mol. The van der Waals surface area contributed by atoms with E-state index in [9.17, 15) is 14.7 Å². The molecule has 1 aliphatic rings. The molecule has 5 nitrogen and oxygen atoms in total. The molecular weight excluding hydrogens is 400 g/mol. The quantitative estimate of drug-likeness (QED) is 0.673. The molecule has 0 saturated heterocycles. The van der Waals surface area contributed by atoms with Gasteiger partial charge in [-0.2, -0.15) is 0 Å². The number of carbonyl (C=O) groups is 2. The van der Waals surface area contributed by atoms with Crippen LogP contribution in [0.5, 0.6) is 0 Å². The first kappa shape index (κ1) is 24.0. The Morgan fingerprint density at radius 2 is 1.69 bits per heavy atom. The largest absolute Gasteiger partial charge is 0.478 e. The van der Waals surface area contributed by atoms with Crippen molar-refractivity contribution in [1.29, 1.82) is 0 Å². The van der Waals surface area contributed by atoms with Crippen LogP contribution in [0.1, 0.15) is 73.0 Å². The Morgan fingerprint density at radius 3 is 2.38 bits per heavy atom. The molecule has 0 aromatic heterocycles. The lowest BCUT2D eigenvalue weighted by Crippen LogP contribution is -2.37. The number of hydrogen-bond donors (Lipinski definition) is 1. The van der Waals surface area contributed by atoms with Crippen LogP contribution in [-0.2, 0) is 17.9 Å². The number of aromatic carboxylic acids is 1. The van der Waals surface area contributed by atoms with Gasteiger partial charge in [0, 0.05) is 31.2 Å². The first-order valence-corrected chi connectivity index (χ1v) is 11.8. The van der Waals surface area contributed by atoms with Crippen molar-refractivity contribution in [3.05, 3.63) is 64.7 Å². The highest BCUT2D eigenvalue weighted by Crippen LogP contribution is 2.28. The monoisotopic (exact) mass is 436 g/mol. The van der Waals surface area contributed by atoms with Crippen LogP contribution in [0.3, 0.4) is 0 Å². The summed E-state index contributed by atoms with van der Waals surface area (Å²) in [7, 11) is 0. The average molecular weight is 437 g/mol. The first-order chi connectivity index (χ1) is 15.3. The van der Waals surface area contributed by atoms with Crippen molar-refractivity contribution in [3.63, 3.8) is 0 Å². The highest BCUT2D eigenvalue weighted by molar-refractivity contribution is 5.96. The number of aryl methyl sites for hydroxylation is 1. The maximum absolute atomic E-state index is 13.1. The van der Waals surface area contributed by atoms with Gasteiger partial charge < -0.3 is 10.0 Å². The number of nitrogens with zero attached hydrogens (tertiary/aromatic N) is 2. The van der Waals surface area contributed by atoms with Gasteiger partial charge in [0.1, 0.15) is 0 Å².